The highest BCUT2D eigenvalue weighted by atomic mass is 16.5. The van der Waals surface area contributed by atoms with E-state index in [1.54, 1.807) is 0 Å². The molecule has 1 aliphatic rings. The molecule has 0 fully saturated rings. The molecule has 1 atom stereocenters. The number of hydrogen-bond donors (Lipinski definition) is 2. The number of ether oxygens (including phenoxy) is 1. The third kappa shape index (κ3) is 5.42. The van der Waals surface area contributed by atoms with Gasteiger partial charge in [-0.2, -0.15) is 0 Å². The topological polar surface area (TPSA) is 70.7 Å². The Labute approximate surface area is 191 Å². The van der Waals surface area contributed by atoms with Crippen LogP contribution >= 0.6 is 0 Å². The van der Waals surface area contributed by atoms with Crippen molar-refractivity contribution in [3.05, 3.63) is 53.6 Å². The zero-order valence-electron chi connectivity index (χ0n) is 19.6. The van der Waals surface area contributed by atoms with Crippen LogP contribution in [0.25, 0.3) is 0 Å². The highest BCUT2D eigenvalue weighted by Crippen LogP contribution is 2.33. The van der Waals surface area contributed by atoms with Gasteiger partial charge in [0.25, 0.3) is 5.91 Å². The minimum Gasteiger partial charge on any atom is -0.477 e. The lowest BCUT2D eigenvalue weighted by Crippen LogP contribution is -2.52. The summed E-state index contributed by atoms with van der Waals surface area (Å²) >= 11 is 0. The quantitative estimate of drug-likeness (QED) is 0.613. The summed E-state index contributed by atoms with van der Waals surface area (Å²) in [5, 5.41) is 6.20. The maximum atomic E-state index is 13.1. The normalized spacial score (nSPS) is 15.2. The third-order valence-corrected chi connectivity index (χ3v) is 6.08. The number of anilines is 2. The van der Waals surface area contributed by atoms with Crippen LogP contribution in [0.4, 0.5) is 11.4 Å². The van der Waals surface area contributed by atoms with Crippen molar-refractivity contribution in [2.45, 2.75) is 65.5 Å². The van der Waals surface area contributed by atoms with Gasteiger partial charge in [-0.15, -0.1) is 0 Å². The van der Waals surface area contributed by atoms with Gasteiger partial charge in [0, 0.05) is 11.7 Å². The van der Waals surface area contributed by atoms with Gasteiger partial charge in [0.15, 0.2) is 6.10 Å². The fourth-order valence-electron chi connectivity index (χ4n) is 4.14. The standard InChI is InChI=1S/C26H35N3O3/c1-5-18-12-11-13-19(6-2)25(18)28-24(30)17-29-16-23(26(31)27-20(7-3)8-4)32-22-15-10-9-14-21(22)29/h9-15,20,23H,5-8,16-17H2,1-4H3,(H,27,31)(H,28,30). The maximum absolute atomic E-state index is 13.1. The Morgan fingerprint density at radius 3 is 2.28 bits per heavy atom. The van der Waals surface area contributed by atoms with E-state index in [2.05, 4.69) is 50.5 Å². The number of rotatable bonds is 9. The number of nitrogens with one attached hydrogen (secondary N) is 2. The van der Waals surface area contributed by atoms with Crippen LogP contribution in [0.1, 0.15) is 51.7 Å². The monoisotopic (exact) mass is 437 g/mol. The second-order valence-corrected chi connectivity index (χ2v) is 8.18. The lowest BCUT2D eigenvalue weighted by atomic mass is 10.0. The molecule has 1 aliphatic heterocycles. The summed E-state index contributed by atoms with van der Waals surface area (Å²) in [6.07, 6.45) is 2.78. The highest BCUT2D eigenvalue weighted by molar-refractivity contribution is 5.96. The zero-order chi connectivity index (χ0) is 23.1. The molecule has 0 aliphatic carbocycles. The van der Waals surface area contributed by atoms with Crippen LogP contribution in [0.15, 0.2) is 42.5 Å². The van der Waals surface area contributed by atoms with E-state index >= 15 is 0 Å². The molecule has 0 spiro atoms. The van der Waals surface area contributed by atoms with Crippen LogP contribution in [-0.4, -0.2) is 37.0 Å². The minimum absolute atomic E-state index is 0.101. The summed E-state index contributed by atoms with van der Waals surface area (Å²) < 4.78 is 6.00. The summed E-state index contributed by atoms with van der Waals surface area (Å²) in [6, 6.07) is 13.8. The van der Waals surface area contributed by atoms with Crippen LogP contribution in [-0.2, 0) is 22.4 Å². The van der Waals surface area contributed by atoms with Gasteiger partial charge >= 0.3 is 0 Å². The molecule has 172 valence electrons. The Balaban J connectivity index is 1.78. The third-order valence-electron chi connectivity index (χ3n) is 6.08. The average Bonchev–Trinajstić information content (AvgIpc) is 2.82. The number of benzene rings is 2. The van der Waals surface area contributed by atoms with Crippen molar-refractivity contribution in [3.63, 3.8) is 0 Å². The van der Waals surface area contributed by atoms with Crippen molar-refractivity contribution in [2.75, 3.05) is 23.3 Å². The molecule has 2 amide bonds. The van der Waals surface area contributed by atoms with E-state index in [0.29, 0.717) is 12.3 Å². The molecule has 3 rings (SSSR count). The molecule has 0 saturated heterocycles. The van der Waals surface area contributed by atoms with E-state index < -0.39 is 6.10 Å². The first-order valence-corrected chi connectivity index (χ1v) is 11.7. The first-order valence-electron chi connectivity index (χ1n) is 11.7. The van der Waals surface area contributed by atoms with Gasteiger partial charge < -0.3 is 20.3 Å². The zero-order valence-corrected chi connectivity index (χ0v) is 19.6. The van der Waals surface area contributed by atoms with Gasteiger partial charge in [-0.1, -0.05) is 58.0 Å². The molecule has 2 aromatic rings. The van der Waals surface area contributed by atoms with E-state index in [9.17, 15) is 9.59 Å². The Kier molecular flexibility index (Phi) is 8.14. The molecular weight excluding hydrogens is 402 g/mol. The molecule has 0 aromatic heterocycles. The summed E-state index contributed by atoms with van der Waals surface area (Å²) in [5.74, 6) is 0.388. The van der Waals surface area contributed by atoms with Crippen molar-refractivity contribution in [2.24, 2.45) is 0 Å². The van der Waals surface area contributed by atoms with Crippen molar-refractivity contribution in [1.82, 2.24) is 5.32 Å². The Morgan fingerprint density at radius 2 is 1.66 bits per heavy atom. The van der Waals surface area contributed by atoms with Crippen LogP contribution in [0, 0.1) is 0 Å². The number of carbonyl (C=O) groups excluding carboxylic acids is 2. The lowest BCUT2D eigenvalue weighted by Gasteiger charge is -2.35. The fourth-order valence-corrected chi connectivity index (χ4v) is 4.14. The first kappa shape index (κ1) is 23.6. The first-order chi connectivity index (χ1) is 15.5. The number of nitrogens with zero attached hydrogens (tertiary/aromatic N) is 1. The van der Waals surface area contributed by atoms with Crippen molar-refractivity contribution in [3.8, 4) is 5.75 Å². The minimum atomic E-state index is -0.660. The molecule has 1 unspecified atom stereocenters. The van der Waals surface area contributed by atoms with Crippen LogP contribution in [0.5, 0.6) is 5.75 Å². The van der Waals surface area contributed by atoms with Gasteiger partial charge in [0.1, 0.15) is 5.75 Å². The Morgan fingerprint density at radius 1 is 1.00 bits per heavy atom. The van der Waals surface area contributed by atoms with Crippen LogP contribution in [0.2, 0.25) is 0 Å². The number of fused-ring (bicyclic) bond motifs is 1. The molecule has 0 saturated carbocycles. The molecule has 2 aromatic carbocycles. The molecular formula is C26H35N3O3. The van der Waals surface area contributed by atoms with Crippen LogP contribution < -0.4 is 20.3 Å². The van der Waals surface area contributed by atoms with Crippen molar-refractivity contribution >= 4 is 23.2 Å². The van der Waals surface area contributed by atoms with E-state index in [1.807, 2.05) is 35.2 Å². The van der Waals surface area contributed by atoms with Gasteiger partial charge in [-0.05, 0) is 48.9 Å². The fraction of sp³-hybridized carbons (Fsp3) is 0.462. The van der Waals surface area contributed by atoms with E-state index in [-0.39, 0.29) is 24.4 Å². The van der Waals surface area contributed by atoms with Gasteiger partial charge in [-0.3, -0.25) is 9.59 Å². The number of amides is 2. The van der Waals surface area contributed by atoms with Crippen molar-refractivity contribution in [1.29, 1.82) is 0 Å². The Bertz CT molecular complexity index is 917. The largest absolute Gasteiger partial charge is 0.477 e. The second kappa shape index (κ2) is 11.0. The molecule has 32 heavy (non-hydrogen) atoms. The predicted molar refractivity (Wildman–Crippen MR) is 129 cm³/mol. The summed E-state index contributed by atoms with van der Waals surface area (Å²) in [6.45, 7) is 8.77. The number of hydrogen-bond acceptors (Lipinski definition) is 4. The number of aryl methyl sites for hydroxylation is 2. The maximum Gasteiger partial charge on any atom is 0.263 e. The highest BCUT2D eigenvalue weighted by Gasteiger charge is 2.32. The molecule has 1 heterocycles. The van der Waals surface area contributed by atoms with E-state index in [0.717, 1.165) is 48.2 Å². The van der Waals surface area contributed by atoms with E-state index in [4.69, 9.17) is 4.74 Å². The van der Waals surface area contributed by atoms with Gasteiger partial charge in [-0.25, -0.2) is 0 Å². The summed E-state index contributed by atoms with van der Waals surface area (Å²) in [4.78, 5) is 27.9. The molecule has 6 heteroatoms. The molecule has 2 N–H and O–H groups in total. The average molecular weight is 438 g/mol. The molecule has 0 radical (unpaired) electrons. The van der Waals surface area contributed by atoms with E-state index in [1.165, 1.54) is 0 Å². The SMILES string of the molecule is CCc1cccc(CC)c1NC(=O)CN1CC(C(=O)NC(CC)CC)Oc2ccccc21. The molecule has 0 bridgehead atoms. The lowest BCUT2D eigenvalue weighted by molar-refractivity contribution is -0.129. The smallest absolute Gasteiger partial charge is 0.263 e. The summed E-state index contributed by atoms with van der Waals surface area (Å²) in [5.41, 5.74) is 3.99. The molecule has 6 nitrogen and oxygen atoms in total. The Hall–Kier alpha value is -3.02. The van der Waals surface area contributed by atoms with Crippen molar-refractivity contribution < 1.29 is 14.3 Å². The number of para-hydroxylation sites is 3. The van der Waals surface area contributed by atoms with Gasteiger partial charge in [0.2, 0.25) is 5.91 Å². The summed E-state index contributed by atoms with van der Waals surface area (Å²) in [7, 11) is 0. The van der Waals surface area contributed by atoms with Crippen LogP contribution in [0.3, 0.4) is 0 Å². The van der Waals surface area contributed by atoms with Gasteiger partial charge in [0.05, 0.1) is 18.8 Å². The number of carbonyl (C=O) groups is 2. The predicted octanol–water partition coefficient (Wildman–Crippen LogP) is 4.32. The second-order valence-electron chi connectivity index (χ2n) is 8.18.